The summed E-state index contributed by atoms with van der Waals surface area (Å²) in [7, 11) is 3.28. The molecular formula is C29H42N2O4. The molecule has 0 saturated carbocycles. The average molecular weight is 483 g/mol. The Morgan fingerprint density at radius 1 is 1.03 bits per heavy atom. The molecule has 2 aromatic carbocycles. The zero-order chi connectivity index (χ0) is 26.0. The summed E-state index contributed by atoms with van der Waals surface area (Å²) in [4.78, 5) is 24.6. The van der Waals surface area contributed by atoms with Crippen LogP contribution in [0.1, 0.15) is 88.8 Å². The predicted octanol–water partition coefficient (Wildman–Crippen LogP) is 6.11. The SMILES string of the molecule is CCCCCC(CC(=O)Nc1cc(CCC(N)=O)ccc1C(C)(C)C)c1ccc(OC)cc1OC. The van der Waals surface area contributed by atoms with Gasteiger partial charge in [0.25, 0.3) is 0 Å². The maximum Gasteiger partial charge on any atom is 0.224 e. The molecule has 0 spiro atoms. The lowest BCUT2D eigenvalue weighted by atomic mass is 9.84. The van der Waals surface area contributed by atoms with Crippen LogP contribution in [0.4, 0.5) is 5.69 Å². The van der Waals surface area contributed by atoms with Gasteiger partial charge >= 0.3 is 0 Å². The molecular weight excluding hydrogens is 440 g/mol. The van der Waals surface area contributed by atoms with Crippen molar-refractivity contribution >= 4 is 17.5 Å². The molecule has 0 radical (unpaired) electrons. The van der Waals surface area contributed by atoms with Crippen LogP contribution >= 0.6 is 0 Å². The van der Waals surface area contributed by atoms with E-state index in [1.165, 1.54) is 0 Å². The van der Waals surface area contributed by atoms with Gasteiger partial charge in [-0.1, -0.05) is 65.2 Å². The van der Waals surface area contributed by atoms with Crippen LogP contribution < -0.4 is 20.5 Å². The van der Waals surface area contributed by atoms with Crippen molar-refractivity contribution < 1.29 is 19.1 Å². The molecule has 0 bridgehead atoms. The van der Waals surface area contributed by atoms with Gasteiger partial charge in [-0.3, -0.25) is 9.59 Å². The topological polar surface area (TPSA) is 90.7 Å². The quantitative estimate of drug-likeness (QED) is 0.337. The molecule has 35 heavy (non-hydrogen) atoms. The zero-order valence-corrected chi connectivity index (χ0v) is 22.2. The Kier molecular flexibility index (Phi) is 10.6. The van der Waals surface area contributed by atoms with Crippen LogP contribution in [0.25, 0.3) is 0 Å². The Morgan fingerprint density at radius 3 is 2.37 bits per heavy atom. The van der Waals surface area contributed by atoms with Crippen molar-refractivity contribution in [3.8, 4) is 11.5 Å². The first-order valence-corrected chi connectivity index (χ1v) is 12.5. The predicted molar refractivity (Wildman–Crippen MR) is 142 cm³/mol. The smallest absolute Gasteiger partial charge is 0.224 e. The molecule has 0 aliphatic carbocycles. The van der Waals surface area contributed by atoms with Crippen molar-refractivity contribution in [1.82, 2.24) is 0 Å². The van der Waals surface area contributed by atoms with Gasteiger partial charge < -0.3 is 20.5 Å². The van der Waals surface area contributed by atoms with E-state index in [2.05, 4.69) is 33.0 Å². The van der Waals surface area contributed by atoms with E-state index in [9.17, 15) is 9.59 Å². The maximum atomic E-state index is 13.4. The summed E-state index contributed by atoms with van der Waals surface area (Å²) in [5.74, 6) is 1.12. The highest BCUT2D eigenvalue weighted by Gasteiger charge is 2.23. The van der Waals surface area contributed by atoms with E-state index in [1.54, 1.807) is 14.2 Å². The molecule has 192 valence electrons. The molecule has 3 N–H and O–H groups in total. The first-order chi connectivity index (χ1) is 16.6. The second-order valence-corrected chi connectivity index (χ2v) is 10.1. The van der Waals surface area contributed by atoms with Gasteiger partial charge in [-0.25, -0.2) is 0 Å². The Hall–Kier alpha value is -3.02. The molecule has 0 aliphatic rings. The highest BCUT2D eigenvalue weighted by atomic mass is 16.5. The molecule has 1 atom stereocenters. The number of carbonyl (C=O) groups is 2. The number of hydrogen-bond donors (Lipinski definition) is 2. The molecule has 0 aliphatic heterocycles. The lowest BCUT2D eigenvalue weighted by molar-refractivity contribution is -0.118. The van der Waals surface area contributed by atoms with Gasteiger partial charge in [0.15, 0.2) is 0 Å². The molecule has 2 amide bonds. The molecule has 0 saturated heterocycles. The fourth-order valence-electron chi connectivity index (χ4n) is 4.36. The van der Waals surface area contributed by atoms with E-state index in [1.807, 2.05) is 36.4 Å². The second-order valence-electron chi connectivity index (χ2n) is 10.1. The van der Waals surface area contributed by atoms with Crippen LogP contribution in [0.3, 0.4) is 0 Å². The number of carbonyl (C=O) groups excluding carboxylic acids is 2. The number of unbranched alkanes of at least 4 members (excludes halogenated alkanes) is 2. The van der Waals surface area contributed by atoms with E-state index < -0.39 is 0 Å². The Morgan fingerprint density at radius 2 is 1.77 bits per heavy atom. The highest BCUT2D eigenvalue weighted by molar-refractivity contribution is 5.92. The molecule has 1 unspecified atom stereocenters. The number of ether oxygens (including phenoxy) is 2. The maximum absolute atomic E-state index is 13.4. The van der Waals surface area contributed by atoms with E-state index in [0.717, 1.165) is 59.6 Å². The Labute approximate surface area is 210 Å². The second kappa shape index (κ2) is 13.2. The van der Waals surface area contributed by atoms with Gasteiger partial charge in [0.2, 0.25) is 11.8 Å². The van der Waals surface area contributed by atoms with Gasteiger partial charge in [-0.05, 0) is 53.0 Å². The number of anilines is 1. The Bertz CT molecular complexity index is 995. The minimum atomic E-state index is -0.334. The summed E-state index contributed by atoms with van der Waals surface area (Å²) in [5, 5.41) is 3.18. The molecule has 0 heterocycles. The summed E-state index contributed by atoms with van der Waals surface area (Å²) in [6.45, 7) is 8.54. The number of methoxy groups -OCH3 is 2. The number of nitrogens with one attached hydrogen (secondary N) is 1. The van der Waals surface area contributed by atoms with Crippen molar-refractivity contribution in [2.75, 3.05) is 19.5 Å². The van der Waals surface area contributed by atoms with Crippen molar-refractivity contribution in [3.05, 3.63) is 53.1 Å². The van der Waals surface area contributed by atoms with Crippen LogP contribution in [0.2, 0.25) is 0 Å². The molecule has 2 rings (SSSR count). The summed E-state index contributed by atoms with van der Waals surface area (Å²) in [6.07, 6.45) is 5.35. The minimum Gasteiger partial charge on any atom is -0.497 e. The third-order valence-electron chi connectivity index (χ3n) is 6.29. The van der Waals surface area contributed by atoms with E-state index in [0.29, 0.717) is 12.8 Å². The average Bonchev–Trinajstić information content (AvgIpc) is 2.81. The Balaban J connectivity index is 2.31. The largest absolute Gasteiger partial charge is 0.497 e. The summed E-state index contributed by atoms with van der Waals surface area (Å²) < 4.78 is 11.0. The van der Waals surface area contributed by atoms with Gasteiger partial charge in [-0.15, -0.1) is 0 Å². The lowest BCUT2D eigenvalue weighted by Crippen LogP contribution is -2.21. The van der Waals surface area contributed by atoms with Crippen LogP contribution in [0.15, 0.2) is 36.4 Å². The van der Waals surface area contributed by atoms with Crippen LogP contribution in [0, 0.1) is 0 Å². The third-order valence-corrected chi connectivity index (χ3v) is 6.29. The number of aryl methyl sites for hydroxylation is 1. The van der Waals surface area contributed by atoms with Gasteiger partial charge in [0, 0.05) is 24.6 Å². The molecule has 6 nitrogen and oxygen atoms in total. The zero-order valence-electron chi connectivity index (χ0n) is 22.2. The van der Waals surface area contributed by atoms with Crippen LogP contribution in [-0.2, 0) is 21.4 Å². The van der Waals surface area contributed by atoms with E-state index in [4.69, 9.17) is 15.2 Å². The fraction of sp³-hybridized carbons (Fsp3) is 0.517. The molecule has 2 aromatic rings. The number of hydrogen-bond acceptors (Lipinski definition) is 4. The van der Waals surface area contributed by atoms with Gasteiger partial charge in [0.05, 0.1) is 14.2 Å². The van der Waals surface area contributed by atoms with Crippen molar-refractivity contribution in [2.45, 2.75) is 84.0 Å². The first kappa shape index (κ1) is 28.2. The monoisotopic (exact) mass is 482 g/mol. The van der Waals surface area contributed by atoms with Crippen LogP contribution in [0.5, 0.6) is 11.5 Å². The van der Waals surface area contributed by atoms with Crippen molar-refractivity contribution in [2.24, 2.45) is 5.73 Å². The molecule has 0 aromatic heterocycles. The van der Waals surface area contributed by atoms with Crippen LogP contribution in [-0.4, -0.2) is 26.0 Å². The number of nitrogens with two attached hydrogens (primary N) is 1. The van der Waals surface area contributed by atoms with Crippen molar-refractivity contribution in [1.29, 1.82) is 0 Å². The third kappa shape index (κ3) is 8.61. The normalized spacial score (nSPS) is 12.2. The van der Waals surface area contributed by atoms with Gasteiger partial charge in [0.1, 0.15) is 11.5 Å². The molecule has 0 fully saturated rings. The number of primary amides is 1. The highest BCUT2D eigenvalue weighted by Crippen LogP contribution is 2.36. The molecule has 6 heteroatoms. The van der Waals surface area contributed by atoms with E-state index in [-0.39, 0.29) is 29.6 Å². The fourth-order valence-corrected chi connectivity index (χ4v) is 4.36. The number of benzene rings is 2. The van der Waals surface area contributed by atoms with Gasteiger partial charge in [-0.2, -0.15) is 0 Å². The lowest BCUT2D eigenvalue weighted by Gasteiger charge is -2.25. The summed E-state index contributed by atoms with van der Waals surface area (Å²) in [5.41, 5.74) is 9.02. The first-order valence-electron chi connectivity index (χ1n) is 12.5. The number of rotatable bonds is 13. The standard InChI is InChI=1S/C29H42N2O4/c1-7-8-9-10-21(23-14-13-22(34-5)19-26(23)35-6)18-28(33)31-25-17-20(12-16-27(30)32)11-15-24(25)29(2,3)4/h11,13-15,17,19,21H,7-10,12,16,18H2,1-6H3,(H2,30,32)(H,31,33). The number of amides is 2. The van der Waals surface area contributed by atoms with E-state index >= 15 is 0 Å². The summed E-state index contributed by atoms with van der Waals surface area (Å²) >= 11 is 0. The summed E-state index contributed by atoms with van der Waals surface area (Å²) in [6, 6.07) is 11.8. The minimum absolute atomic E-state index is 0.0264. The van der Waals surface area contributed by atoms with Crippen molar-refractivity contribution in [3.63, 3.8) is 0 Å².